The lowest BCUT2D eigenvalue weighted by Gasteiger charge is -2.30. The molecule has 0 spiro atoms. The fraction of sp³-hybridized carbons (Fsp3) is 0.958. The molecule has 1 aliphatic rings. The molecular weight excluding hydrogens is 671 g/mol. The Hall–Kier alpha value is -1.14. The van der Waals surface area contributed by atoms with Crippen LogP contribution in [-0.4, -0.2) is 62.9 Å². The van der Waals surface area contributed by atoms with Gasteiger partial charge in [0, 0.05) is 32.5 Å². The third-order valence-electron chi connectivity index (χ3n) is 11.9. The Bertz CT molecular complexity index is 795. The van der Waals surface area contributed by atoms with Crippen LogP contribution >= 0.6 is 0 Å². The number of nitrogens with zero attached hydrogens (tertiary/aromatic N) is 1. The zero-order valence-corrected chi connectivity index (χ0v) is 36.8. The maximum absolute atomic E-state index is 12.5. The second kappa shape index (κ2) is 38.7. The first-order chi connectivity index (χ1) is 26.5. The fourth-order valence-electron chi connectivity index (χ4n) is 8.35. The number of unbranched alkanes of at least 4 members (excludes halogenated alkanes) is 18. The van der Waals surface area contributed by atoms with Gasteiger partial charge in [0.05, 0.1) is 26.4 Å². The minimum absolute atomic E-state index is 0.0336. The third-order valence-corrected chi connectivity index (χ3v) is 11.9. The van der Waals surface area contributed by atoms with Gasteiger partial charge in [0.2, 0.25) is 0 Å². The lowest BCUT2D eigenvalue weighted by atomic mass is 9.92. The van der Waals surface area contributed by atoms with Crippen LogP contribution in [0.5, 0.6) is 0 Å². The first-order valence-corrected chi connectivity index (χ1v) is 24.1. The van der Waals surface area contributed by atoms with E-state index < -0.39 is 0 Å². The van der Waals surface area contributed by atoms with Gasteiger partial charge in [-0.25, -0.2) is 0 Å². The highest BCUT2D eigenvalue weighted by Gasteiger charge is 2.18. The average Bonchev–Trinajstić information content (AvgIpc) is 3.17. The molecule has 320 valence electrons. The Balaban J connectivity index is 2.18. The van der Waals surface area contributed by atoms with E-state index in [1.165, 1.54) is 186 Å². The molecule has 1 atom stereocenters. The molecule has 1 fully saturated rings. The van der Waals surface area contributed by atoms with Gasteiger partial charge < -0.3 is 14.2 Å². The first-order valence-electron chi connectivity index (χ1n) is 24.1. The van der Waals surface area contributed by atoms with Gasteiger partial charge in [0.15, 0.2) is 0 Å². The summed E-state index contributed by atoms with van der Waals surface area (Å²) in [6, 6.07) is 0. The molecule has 0 aliphatic carbocycles. The summed E-state index contributed by atoms with van der Waals surface area (Å²) in [6.07, 6.45) is 38.4. The molecule has 0 aromatic heterocycles. The monoisotopic (exact) mass is 764 g/mol. The first kappa shape index (κ1) is 50.9. The molecule has 6 nitrogen and oxygen atoms in total. The van der Waals surface area contributed by atoms with E-state index in [0.29, 0.717) is 37.9 Å². The van der Waals surface area contributed by atoms with Gasteiger partial charge in [-0.1, -0.05) is 169 Å². The van der Waals surface area contributed by atoms with E-state index in [1.54, 1.807) is 0 Å². The molecular formula is C48H93NO5. The van der Waals surface area contributed by atoms with Crippen molar-refractivity contribution in [1.82, 2.24) is 4.90 Å². The van der Waals surface area contributed by atoms with Crippen molar-refractivity contribution in [2.24, 2.45) is 17.8 Å². The van der Waals surface area contributed by atoms with E-state index in [1.807, 2.05) is 0 Å². The van der Waals surface area contributed by atoms with E-state index in [0.717, 1.165) is 45.1 Å². The Morgan fingerprint density at radius 1 is 0.444 bits per heavy atom. The summed E-state index contributed by atoms with van der Waals surface area (Å²) >= 11 is 0. The summed E-state index contributed by atoms with van der Waals surface area (Å²) < 4.78 is 17.0. The minimum Gasteiger partial charge on any atom is -0.466 e. The van der Waals surface area contributed by atoms with Crippen LogP contribution in [-0.2, 0) is 23.8 Å². The molecule has 6 heteroatoms. The van der Waals surface area contributed by atoms with Crippen LogP contribution in [0, 0.1) is 17.8 Å². The highest BCUT2D eigenvalue weighted by atomic mass is 16.5. The van der Waals surface area contributed by atoms with Gasteiger partial charge in [-0.3, -0.25) is 14.5 Å². The fourth-order valence-corrected chi connectivity index (χ4v) is 8.35. The number of carbonyl (C=O) groups is 2. The summed E-state index contributed by atoms with van der Waals surface area (Å²) in [5, 5.41) is 0. The predicted molar refractivity (Wildman–Crippen MR) is 230 cm³/mol. The molecule has 1 heterocycles. The van der Waals surface area contributed by atoms with Gasteiger partial charge in [0.1, 0.15) is 0 Å². The summed E-state index contributed by atoms with van der Waals surface area (Å²) in [4.78, 5) is 27.7. The maximum Gasteiger partial charge on any atom is 0.306 e. The Morgan fingerprint density at radius 3 is 1.13 bits per heavy atom. The zero-order valence-electron chi connectivity index (χ0n) is 36.8. The minimum atomic E-state index is 0.0336. The summed E-state index contributed by atoms with van der Waals surface area (Å²) in [7, 11) is 0. The molecule has 1 unspecified atom stereocenters. The largest absolute Gasteiger partial charge is 0.466 e. The van der Waals surface area contributed by atoms with E-state index in [9.17, 15) is 9.59 Å². The molecule has 0 aromatic rings. The number of rotatable bonds is 40. The van der Waals surface area contributed by atoms with Crippen molar-refractivity contribution in [1.29, 1.82) is 0 Å². The van der Waals surface area contributed by atoms with Gasteiger partial charge >= 0.3 is 11.9 Å². The summed E-state index contributed by atoms with van der Waals surface area (Å²) in [5.41, 5.74) is 0. The van der Waals surface area contributed by atoms with Crippen LogP contribution in [0.25, 0.3) is 0 Å². The van der Waals surface area contributed by atoms with Crippen molar-refractivity contribution in [3.63, 3.8) is 0 Å². The van der Waals surface area contributed by atoms with Crippen molar-refractivity contribution in [2.45, 2.75) is 233 Å². The number of ether oxygens (including phenoxy) is 3. The number of hydrogen-bond donors (Lipinski definition) is 0. The van der Waals surface area contributed by atoms with Gasteiger partial charge in [-0.15, -0.1) is 0 Å². The average molecular weight is 764 g/mol. The molecule has 1 saturated heterocycles. The molecule has 0 N–H and O–H groups in total. The van der Waals surface area contributed by atoms with Crippen LogP contribution in [0.15, 0.2) is 0 Å². The Labute approximate surface area is 336 Å². The third kappa shape index (κ3) is 32.0. The van der Waals surface area contributed by atoms with Crippen LogP contribution in [0.1, 0.15) is 233 Å². The molecule has 0 aromatic carbocycles. The van der Waals surface area contributed by atoms with E-state index in [-0.39, 0.29) is 11.9 Å². The van der Waals surface area contributed by atoms with E-state index in [2.05, 4.69) is 32.6 Å². The zero-order chi connectivity index (χ0) is 39.2. The smallest absolute Gasteiger partial charge is 0.306 e. The van der Waals surface area contributed by atoms with Crippen molar-refractivity contribution < 1.29 is 23.8 Å². The quantitative estimate of drug-likeness (QED) is 0.0457. The van der Waals surface area contributed by atoms with Crippen molar-refractivity contribution in [3.05, 3.63) is 0 Å². The SMILES string of the molecule is CCCCCC(CCCCC)CC(=O)OCCCCCCCCCC(CCCCCCCOC(=O)CC(CCCCC)CCCCC)CN1CCOCC1. The molecule has 0 saturated carbocycles. The molecule has 1 aliphatic heterocycles. The van der Waals surface area contributed by atoms with Crippen LogP contribution < -0.4 is 0 Å². The lowest BCUT2D eigenvalue weighted by molar-refractivity contribution is -0.146. The van der Waals surface area contributed by atoms with Crippen molar-refractivity contribution >= 4 is 11.9 Å². The second-order valence-electron chi connectivity index (χ2n) is 17.2. The molecule has 0 bridgehead atoms. The van der Waals surface area contributed by atoms with Gasteiger partial charge in [0.25, 0.3) is 0 Å². The van der Waals surface area contributed by atoms with Gasteiger partial charge in [-0.2, -0.15) is 0 Å². The normalized spacial score (nSPS) is 14.3. The summed E-state index contributed by atoms with van der Waals surface area (Å²) in [5.74, 6) is 1.89. The second-order valence-corrected chi connectivity index (χ2v) is 17.2. The number of morpholine rings is 1. The Morgan fingerprint density at radius 2 is 0.759 bits per heavy atom. The van der Waals surface area contributed by atoms with Crippen LogP contribution in [0.3, 0.4) is 0 Å². The van der Waals surface area contributed by atoms with Crippen molar-refractivity contribution in [3.8, 4) is 0 Å². The summed E-state index contributed by atoms with van der Waals surface area (Å²) in [6.45, 7) is 15.4. The highest BCUT2D eigenvalue weighted by Crippen LogP contribution is 2.24. The molecule has 54 heavy (non-hydrogen) atoms. The van der Waals surface area contributed by atoms with E-state index in [4.69, 9.17) is 14.2 Å². The van der Waals surface area contributed by atoms with Crippen LogP contribution in [0.4, 0.5) is 0 Å². The molecule has 0 amide bonds. The van der Waals surface area contributed by atoms with Crippen LogP contribution in [0.2, 0.25) is 0 Å². The number of carbonyl (C=O) groups excluding carboxylic acids is 2. The van der Waals surface area contributed by atoms with E-state index >= 15 is 0 Å². The predicted octanol–water partition coefficient (Wildman–Crippen LogP) is 13.8. The standard InChI is InChI=1S/C48H93NO5/c1-5-9-21-29-44(30-22-10-6-2)41-47(50)53-37-27-19-15-13-14-17-25-33-46(43-49-35-39-52-40-36-49)34-26-18-16-20-28-38-54-48(51)42-45(31-23-11-7-3)32-24-12-8-4/h44-46H,5-43H2,1-4H3. The molecule has 0 radical (unpaired) electrons. The Kier molecular flexibility index (Phi) is 36.5. The highest BCUT2D eigenvalue weighted by molar-refractivity contribution is 5.70. The topological polar surface area (TPSA) is 65.1 Å². The number of hydrogen-bond acceptors (Lipinski definition) is 6. The van der Waals surface area contributed by atoms with Gasteiger partial charge in [-0.05, 0) is 69.1 Å². The maximum atomic E-state index is 12.5. The lowest BCUT2D eigenvalue weighted by Crippen LogP contribution is -2.39. The molecule has 1 rings (SSSR count). The van der Waals surface area contributed by atoms with Crippen molar-refractivity contribution in [2.75, 3.05) is 46.1 Å². The number of esters is 2.